The number of fused-ring (bicyclic) bond motifs is 2. The monoisotopic (exact) mass is 339 g/mol. The van der Waals surface area contributed by atoms with Gasteiger partial charge in [-0.3, -0.25) is 4.79 Å². The van der Waals surface area contributed by atoms with E-state index in [1.165, 1.54) is 10.2 Å². The fourth-order valence-corrected chi connectivity index (χ4v) is 4.21. The Hall–Kier alpha value is -2.34. The van der Waals surface area contributed by atoms with Crippen molar-refractivity contribution in [1.29, 1.82) is 0 Å². The largest absolute Gasteiger partial charge is 0.385 e. The number of nitrogens with two attached hydrogens (primary N) is 2. The average Bonchev–Trinajstić information content (AvgIpc) is 2.90. The number of rotatable bonds is 1. The summed E-state index contributed by atoms with van der Waals surface area (Å²) in [5.41, 5.74) is 18.7. The molecular formula is C19H25N5O. The van der Waals surface area contributed by atoms with E-state index in [9.17, 15) is 4.79 Å². The van der Waals surface area contributed by atoms with Crippen molar-refractivity contribution in [2.24, 2.45) is 5.73 Å². The molecule has 4 rings (SSSR count). The minimum atomic E-state index is -0.216. The third-order valence-corrected chi connectivity index (χ3v) is 5.45. The first-order chi connectivity index (χ1) is 12.0. The van der Waals surface area contributed by atoms with Gasteiger partial charge in [-0.15, -0.1) is 0 Å². The highest BCUT2D eigenvalue weighted by Gasteiger charge is 2.32. The molecule has 5 N–H and O–H groups in total. The maximum Gasteiger partial charge on any atom is 0.256 e. The predicted molar refractivity (Wildman–Crippen MR) is 99.0 cm³/mol. The standard InChI is InChI=1S/C19H25N5O/c1-10-7-11(2)17-14(8-10)13(5-6-22-17)19(25)24-18(21)15-9-12(20)3-4-16(15)23-24/h7-8,12-13,22H,3-6,9,20-21H2,1-2H3. The number of nitrogens with zero attached hydrogens (tertiary/aromatic N) is 2. The maximum absolute atomic E-state index is 13.3. The Morgan fingerprint density at radius 2 is 2.12 bits per heavy atom. The van der Waals surface area contributed by atoms with Gasteiger partial charge in [0.15, 0.2) is 0 Å². The molecule has 0 fully saturated rings. The lowest BCUT2D eigenvalue weighted by atomic mass is 9.87. The Bertz CT molecular complexity index is 854. The van der Waals surface area contributed by atoms with Gasteiger partial charge in [-0.25, -0.2) is 0 Å². The summed E-state index contributed by atoms with van der Waals surface area (Å²) in [6.45, 7) is 4.92. The molecule has 0 saturated carbocycles. The molecule has 2 atom stereocenters. The zero-order chi connectivity index (χ0) is 17.7. The maximum atomic E-state index is 13.3. The highest BCUT2D eigenvalue weighted by Crippen LogP contribution is 2.37. The lowest BCUT2D eigenvalue weighted by molar-refractivity contribution is 0.0859. The van der Waals surface area contributed by atoms with E-state index in [4.69, 9.17) is 11.5 Å². The van der Waals surface area contributed by atoms with Gasteiger partial charge in [0.2, 0.25) is 0 Å². The number of hydrogen-bond donors (Lipinski definition) is 3. The minimum absolute atomic E-state index is 0.0341. The van der Waals surface area contributed by atoms with E-state index in [0.717, 1.165) is 53.9 Å². The molecule has 2 unspecified atom stereocenters. The first-order valence-corrected chi connectivity index (χ1v) is 8.96. The number of nitrogen functional groups attached to an aromatic ring is 1. The quantitative estimate of drug-likeness (QED) is 0.739. The second kappa shape index (κ2) is 5.88. The highest BCUT2D eigenvalue weighted by molar-refractivity contribution is 5.90. The number of carbonyl (C=O) groups excluding carboxylic acids is 1. The van der Waals surface area contributed by atoms with Crippen molar-refractivity contribution in [1.82, 2.24) is 9.78 Å². The van der Waals surface area contributed by atoms with E-state index >= 15 is 0 Å². The van der Waals surface area contributed by atoms with E-state index < -0.39 is 0 Å². The van der Waals surface area contributed by atoms with Crippen LogP contribution in [-0.2, 0) is 12.8 Å². The normalized spacial score (nSPS) is 22.0. The smallest absolute Gasteiger partial charge is 0.256 e. The summed E-state index contributed by atoms with van der Waals surface area (Å²) in [4.78, 5) is 13.3. The van der Waals surface area contributed by atoms with Crippen LogP contribution in [0.1, 0.15) is 51.5 Å². The molecule has 25 heavy (non-hydrogen) atoms. The molecule has 2 aromatic rings. The number of anilines is 2. The van der Waals surface area contributed by atoms with Gasteiger partial charge in [-0.1, -0.05) is 17.7 Å². The lowest BCUT2D eigenvalue weighted by Gasteiger charge is -2.27. The van der Waals surface area contributed by atoms with Crippen molar-refractivity contribution in [2.45, 2.75) is 51.5 Å². The number of carbonyl (C=O) groups is 1. The van der Waals surface area contributed by atoms with Crippen molar-refractivity contribution in [2.75, 3.05) is 17.6 Å². The van der Waals surface area contributed by atoms with Crippen LogP contribution in [0.25, 0.3) is 0 Å². The Morgan fingerprint density at radius 1 is 1.32 bits per heavy atom. The zero-order valence-electron chi connectivity index (χ0n) is 14.8. The van der Waals surface area contributed by atoms with Crippen LogP contribution in [-0.4, -0.2) is 28.3 Å². The number of aromatic nitrogens is 2. The summed E-state index contributed by atoms with van der Waals surface area (Å²) in [5, 5.41) is 7.98. The van der Waals surface area contributed by atoms with E-state index in [1.807, 2.05) is 0 Å². The number of aryl methyl sites for hydroxylation is 3. The van der Waals surface area contributed by atoms with E-state index in [1.54, 1.807) is 0 Å². The van der Waals surface area contributed by atoms with Gasteiger partial charge in [0.05, 0.1) is 11.6 Å². The van der Waals surface area contributed by atoms with Gasteiger partial charge in [0.1, 0.15) is 5.82 Å². The highest BCUT2D eigenvalue weighted by atomic mass is 16.2. The molecule has 6 nitrogen and oxygen atoms in total. The molecule has 0 saturated heterocycles. The Balaban J connectivity index is 1.74. The van der Waals surface area contributed by atoms with Crippen LogP contribution in [0.3, 0.4) is 0 Å². The fraction of sp³-hybridized carbons (Fsp3) is 0.474. The fourth-order valence-electron chi connectivity index (χ4n) is 4.21. The predicted octanol–water partition coefficient (Wildman–Crippen LogP) is 2.14. The van der Waals surface area contributed by atoms with Gasteiger partial charge in [-0.2, -0.15) is 9.78 Å². The molecule has 2 aliphatic rings. The van der Waals surface area contributed by atoms with E-state index in [0.29, 0.717) is 12.2 Å². The van der Waals surface area contributed by atoms with Gasteiger partial charge < -0.3 is 16.8 Å². The summed E-state index contributed by atoms with van der Waals surface area (Å²) < 4.78 is 1.43. The lowest BCUT2D eigenvalue weighted by Crippen LogP contribution is -2.29. The van der Waals surface area contributed by atoms with Gasteiger partial charge in [0.25, 0.3) is 5.91 Å². The second-order valence-corrected chi connectivity index (χ2v) is 7.38. The van der Waals surface area contributed by atoms with Crippen molar-refractivity contribution >= 4 is 17.4 Å². The molecule has 132 valence electrons. The number of nitrogens with one attached hydrogen (secondary N) is 1. The van der Waals surface area contributed by atoms with Crippen LogP contribution in [0.4, 0.5) is 11.5 Å². The third-order valence-electron chi connectivity index (χ3n) is 5.45. The molecule has 1 aromatic carbocycles. The average molecular weight is 339 g/mol. The van der Waals surface area contributed by atoms with Crippen molar-refractivity contribution in [3.05, 3.63) is 40.1 Å². The summed E-state index contributed by atoms with van der Waals surface area (Å²) in [5.74, 6) is 0.222. The number of hydrogen-bond acceptors (Lipinski definition) is 5. The molecular weight excluding hydrogens is 314 g/mol. The Morgan fingerprint density at radius 3 is 2.92 bits per heavy atom. The van der Waals surface area contributed by atoms with Crippen LogP contribution in [0.5, 0.6) is 0 Å². The Kier molecular flexibility index (Phi) is 3.80. The molecule has 1 aliphatic heterocycles. The molecule has 1 aliphatic carbocycles. The van der Waals surface area contributed by atoms with Crippen molar-refractivity contribution in [3.63, 3.8) is 0 Å². The molecule has 0 amide bonds. The van der Waals surface area contributed by atoms with Gasteiger partial charge in [-0.05, 0) is 50.7 Å². The second-order valence-electron chi connectivity index (χ2n) is 7.38. The molecule has 1 aromatic heterocycles. The zero-order valence-corrected chi connectivity index (χ0v) is 14.8. The molecule has 0 spiro atoms. The topological polar surface area (TPSA) is 99.0 Å². The first-order valence-electron chi connectivity index (χ1n) is 8.96. The molecule has 0 bridgehead atoms. The van der Waals surface area contributed by atoms with Crippen molar-refractivity contribution < 1.29 is 4.79 Å². The van der Waals surface area contributed by atoms with Crippen LogP contribution < -0.4 is 16.8 Å². The molecule has 0 radical (unpaired) electrons. The SMILES string of the molecule is Cc1cc(C)c2c(c1)C(C(=O)n1nc3c(c1N)CC(N)CC3)CCN2. The van der Waals surface area contributed by atoms with E-state index in [2.05, 4.69) is 36.4 Å². The van der Waals surface area contributed by atoms with Gasteiger partial charge in [0, 0.05) is 23.8 Å². The van der Waals surface area contributed by atoms with Crippen molar-refractivity contribution in [3.8, 4) is 0 Å². The van der Waals surface area contributed by atoms with Crippen LogP contribution in [0, 0.1) is 13.8 Å². The van der Waals surface area contributed by atoms with E-state index in [-0.39, 0.29) is 17.9 Å². The van der Waals surface area contributed by atoms with Gasteiger partial charge >= 0.3 is 0 Å². The minimum Gasteiger partial charge on any atom is -0.385 e. The molecule has 6 heteroatoms. The third kappa shape index (κ3) is 2.61. The van der Waals surface area contributed by atoms with Crippen LogP contribution in [0.2, 0.25) is 0 Å². The summed E-state index contributed by atoms with van der Waals surface area (Å²) in [6, 6.07) is 4.35. The van der Waals surface area contributed by atoms with Crippen LogP contribution in [0.15, 0.2) is 12.1 Å². The summed E-state index contributed by atoms with van der Waals surface area (Å²) >= 11 is 0. The Labute approximate surface area is 147 Å². The summed E-state index contributed by atoms with van der Waals surface area (Å²) in [7, 11) is 0. The molecule has 2 heterocycles. The summed E-state index contributed by atoms with van der Waals surface area (Å²) in [6.07, 6.45) is 3.14. The first kappa shape index (κ1) is 16.1. The van der Waals surface area contributed by atoms with Crippen LogP contribution >= 0.6 is 0 Å². The number of benzene rings is 1.